The van der Waals surface area contributed by atoms with Crippen LogP contribution < -0.4 is 5.32 Å². The first-order valence-electron chi connectivity index (χ1n) is 7.07. The first-order chi connectivity index (χ1) is 11.5. The molecule has 1 atom stereocenters. The average Bonchev–Trinajstić information content (AvgIpc) is 3.13. The van der Waals surface area contributed by atoms with Gasteiger partial charge in [-0.2, -0.15) is 0 Å². The second-order valence-corrected chi connectivity index (χ2v) is 8.21. The van der Waals surface area contributed by atoms with E-state index < -0.39 is 5.25 Å². The maximum absolute atomic E-state index is 13.0. The van der Waals surface area contributed by atoms with Gasteiger partial charge in [-0.25, -0.2) is 13.9 Å². The van der Waals surface area contributed by atoms with E-state index in [1.165, 1.54) is 44.8 Å². The van der Waals surface area contributed by atoms with Crippen molar-refractivity contribution in [1.82, 2.24) is 20.0 Å². The van der Waals surface area contributed by atoms with Crippen molar-refractivity contribution in [1.29, 1.82) is 0 Å². The zero-order valence-electron chi connectivity index (χ0n) is 12.6. The Kier molecular flexibility index (Phi) is 4.97. The van der Waals surface area contributed by atoms with Crippen LogP contribution in [0.4, 0.5) is 9.18 Å². The molecule has 0 unspecified atom stereocenters. The quantitative estimate of drug-likeness (QED) is 0.649. The Balaban J connectivity index is 1.75. The number of urea groups is 1. The molecule has 3 rings (SSSR count). The number of rotatable bonds is 4. The molecule has 1 aliphatic rings. The number of imide groups is 1. The van der Waals surface area contributed by atoms with Crippen LogP contribution in [0.15, 0.2) is 28.6 Å². The number of amides is 3. The smallest absolute Gasteiger partial charge is 0.324 e. The minimum Gasteiger partial charge on any atom is -0.336 e. The highest BCUT2D eigenvalue weighted by atomic mass is 32.2. The molecule has 1 saturated heterocycles. The number of benzene rings is 1. The molecule has 126 valence electrons. The van der Waals surface area contributed by atoms with Crippen molar-refractivity contribution in [2.75, 3.05) is 13.1 Å². The standard InChI is InChI=1S/C14H13FN4O2S3/c1-8(11(20)18-7-6-16-12(18)21)23-13-17-19(14(22)24-13)10-4-2-9(15)3-5-10/h2-5,8H,6-7H2,1H3,(H,16,21)/t8-/m1/s1. The number of carbonyl (C=O) groups is 2. The minimum absolute atomic E-state index is 0.260. The SMILES string of the molecule is C[C@@H](Sc1nn(-c2ccc(F)cc2)c(=S)s1)C(=O)N1CCNC1=O. The van der Waals surface area contributed by atoms with Crippen LogP contribution in [-0.2, 0) is 4.79 Å². The van der Waals surface area contributed by atoms with Crippen LogP contribution in [0.3, 0.4) is 0 Å². The normalized spacial score (nSPS) is 15.4. The van der Waals surface area contributed by atoms with Gasteiger partial charge < -0.3 is 5.32 Å². The third-order valence-corrected chi connectivity index (χ3v) is 5.75. The Bertz CT molecular complexity index is 833. The lowest BCUT2D eigenvalue weighted by Crippen LogP contribution is -2.38. The molecular weight excluding hydrogens is 371 g/mol. The Hall–Kier alpha value is -1.78. The van der Waals surface area contributed by atoms with E-state index in [2.05, 4.69) is 10.4 Å². The lowest BCUT2D eigenvalue weighted by atomic mass is 10.3. The van der Waals surface area contributed by atoms with Gasteiger partial charge in [-0.15, -0.1) is 5.10 Å². The molecule has 3 amide bonds. The van der Waals surface area contributed by atoms with E-state index in [0.29, 0.717) is 27.1 Å². The summed E-state index contributed by atoms with van der Waals surface area (Å²) in [5.41, 5.74) is 0.655. The number of aromatic nitrogens is 2. The molecule has 6 nitrogen and oxygen atoms in total. The van der Waals surface area contributed by atoms with Gasteiger partial charge in [0.05, 0.1) is 10.9 Å². The second-order valence-electron chi connectivity index (χ2n) is 5.00. The van der Waals surface area contributed by atoms with Crippen LogP contribution in [0.1, 0.15) is 6.92 Å². The molecule has 0 spiro atoms. The summed E-state index contributed by atoms with van der Waals surface area (Å²) in [5.74, 6) is -0.595. The molecule has 10 heteroatoms. The second kappa shape index (κ2) is 6.99. The highest BCUT2D eigenvalue weighted by Gasteiger charge is 2.30. The molecule has 2 aromatic rings. The molecule has 1 N–H and O–H groups in total. The van der Waals surface area contributed by atoms with Crippen molar-refractivity contribution < 1.29 is 14.0 Å². The third kappa shape index (κ3) is 3.50. The number of carbonyl (C=O) groups excluding carboxylic acids is 2. The van der Waals surface area contributed by atoms with Gasteiger partial charge in [0.1, 0.15) is 5.82 Å². The minimum atomic E-state index is -0.462. The van der Waals surface area contributed by atoms with Crippen molar-refractivity contribution in [3.05, 3.63) is 34.0 Å². The van der Waals surface area contributed by atoms with E-state index in [4.69, 9.17) is 12.2 Å². The number of nitrogens with zero attached hydrogens (tertiary/aromatic N) is 3. The summed E-state index contributed by atoms with van der Waals surface area (Å²) in [6.07, 6.45) is 0. The predicted octanol–water partition coefficient (Wildman–Crippen LogP) is 2.83. The van der Waals surface area contributed by atoms with Crippen molar-refractivity contribution in [3.63, 3.8) is 0 Å². The summed E-state index contributed by atoms with van der Waals surface area (Å²) in [4.78, 5) is 25.1. The lowest BCUT2D eigenvalue weighted by Gasteiger charge is -2.16. The number of nitrogens with one attached hydrogen (secondary N) is 1. The zero-order valence-corrected chi connectivity index (χ0v) is 15.0. The van der Waals surface area contributed by atoms with E-state index in [0.717, 1.165) is 0 Å². The molecule has 0 saturated carbocycles. The van der Waals surface area contributed by atoms with Crippen molar-refractivity contribution in [3.8, 4) is 5.69 Å². The number of hydrogen-bond donors (Lipinski definition) is 1. The maximum Gasteiger partial charge on any atom is 0.324 e. The van der Waals surface area contributed by atoms with Crippen molar-refractivity contribution in [2.24, 2.45) is 0 Å². The van der Waals surface area contributed by atoms with Crippen molar-refractivity contribution >= 4 is 47.3 Å². The third-order valence-electron chi connectivity index (χ3n) is 3.35. The average molecular weight is 384 g/mol. The summed E-state index contributed by atoms with van der Waals surface area (Å²) < 4.78 is 15.7. The topological polar surface area (TPSA) is 67.2 Å². The van der Waals surface area contributed by atoms with E-state index in [9.17, 15) is 14.0 Å². The van der Waals surface area contributed by atoms with Gasteiger partial charge in [0.2, 0.25) is 5.91 Å². The van der Waals surface area contributed by atoms with Crippen molar-refractivity contribution in [2.45, 2.75) is 16.5 Å². The first-order valence-corrected chi connectivity index (χ1v) is 9.18. The van der Waals surface area contributed by atoms with E-state index in [1.807, 2.05) is 0 Å². The molecule has 24 heavy (non-hydrogen) atoms. The summed E-state index contributed by atoms with van der Waals surface area (Å²) in [7, 11) is 0. The summed E-state index contributed by atoms with van der Waals surface area (Å²) in [6.45, 7) is 2.58. The van der Waals surface area contributed by atoms with Gasteiger partial charge in [0, 0.05) is 13.1 Å². The van der Waals surface area contributed by atoms with Gasteiger partial charge in [-0.05, 0) is 43.4 Å². The van der Waals surface area contributed by atoms with Crippen LogP contribution >= 0.6 is 35.3 Å². The molecule has 1 fully saturated rings. The predicted molar refractivity (Wildman–Crippen MR) is 92.7 cm³/mol. The van der Waals surface area contributed by atoms with Crippen LogP contribution in [-0.4, -0.2) is 45.0 Å². The van der Waals surface area contributed by atoms with Crippen LogP contribution in [0.2, 0.25) is 0 Å². The highest BCUT2D eigenvalue weighted by molar-refractivity contribution is 8.02. The van der Waals surface area contributed by atoms with E-state index in [1.54, 1.807) is 19.1 Å². The number of halogens is 1. The Labute approximate surface area is 150 Å². The monoisotopic (exact) mass is 384 g/mol. The Morgan fingerprint density at radius 2 is 2.17 bits per heavy atom. The molecule has 1 aromatic carbocycles. The number of hydrogen-bond acceptors (Lipinski definition) is 6. The molecular formula is C14H13FN4O2S3. The molecule has 0 bridgehead atoms. The molecule has 1 aromatic heterocycles. The van der Waals surface area contributed by atoms with E-state index >= 15 is 0 Å². The van der Waals surface area contributed by atoms with Crippen LogP contribution in [0.5, 0.6) is 0 Å². The molecule has 1 aliphatic heterocycles. The van der Waals surface area contributed by atoms with Gasteiger partial charge in [0.25, 0.3) is 0 Å². The maximum atomic E-state index is 13.0. The Morgan fingerprint density at radius 3 is 2.79 bits per heavy atom. The zero-order chi connectivity index (χ0) is 17.3. The summed E-state index contributed by atoms with van der Waals surface area (Å²) >= 11 is 7.80. The van der Waals surface area contributed by atoms with Gasteiger partial charge in [-0.3, -0.25) is 9.69 Å². The van der Waals surface area contributed by atoms with Crippen LogP contribution in [0.25, 0.3) is 5.69 Å². The molecule has 0 radical (unpaired) electrons. The van der Waals surface area contributed by atoms with Gasteiger partial charge >= 0.3 is 6.03 Å². The fourth-order valence-electron chi connectivity index (χ4n) is 2.16. The van der Waals surface area contributed by atoms with Gasteiger partial charge in [-0.1, -0.05) is 23.1 Å². The van der Waals surface area contributed by atoms with E-state index in [-0.39, 0.29) is 17.8 Å². The molecule has 2 heterocycles. The summed E-state index contributed by atoms with van der Waals surface area (Å²) in [5, 5.41) is 6.52. The largest absolute Gasteiger partial charge is 0.336 e. The Morgan fingerprint density at radius 1 is 1.46 bits per heavy atom. The number of thioether (sulfide) groups is 1. The fraction of sp³-hybridized carbons (Fsp3) is 0.286. The van der Waals surface area contributed by atoms with Gasteiger partial charge in [0.15, 0.2) is 8.29 Å². The lowest BCUT2D eigenvalue weighted by molar-refractivity contribution is -0.126. The first kappa shape index (κ1) is 17.1. The summed E-state index contributed by atoms with van der Waals surface area (Å²) in [6, 6.07) is 5.48. The highest BCUT2D eigenvalue weighted by Crippen LogP contribution is 2.28. The fourth-order valence-corrected chi connectivity index (χ4v) is 4.72. The van der Waals surface area contributed by atoms with Crippen LogP contribution in [0, 0.1) is 9.77 Å². The molecule has 0 aliphatic carbocycles.